The zero-order chi connectivity index (χ0) is 22.8. The largest absolute Gasteiger partial charge is 0.469 e. The molecule has 0 unspecified atom stereocenters. The molecule has 166 valence electrons. The summed E-state index contributed by atoms with van der Waals surface area (Å²) in [5.74, 6) is -0.0835. The Hall–Kier alpha value is -3.01. The van der Waals surface area contributed by atoms with Gasteiger partial charge in [-0.05, 0) is 27.1 Å². The molecule has 2 N–H and O–H groups in total. The molecule has 0 saturated carbocycles. The number of hydrogen-bond donors (Lipinski definition) is 1. The Kier molecular flexibility index (Phi) is 6.40. The standard InChI is InChI=1S/C22H23ClN6O2S/c1-13(15-6-4-5-7-16(15)23)31-21-18(8-19(24)30)32-22(27-21)17-9-26-20-10-25-14(11-28(2)3)12-29(17)20/h4-7,9-10,12-13H,8,11H2,1-3H3,(H2,24,30)/t13-/m1/s1. The van der Waals surface area contributed by atoms with Crippen molar-refractivity contribution >= 4 is 34.5 Å². The van der Waals surface area contributed by atoms with Gasteiger partial charge in [-0.25, -0.2) is 4.98 Å². The third-order valence-corrected chi connectivity index (χ3v) is 6.18. The molecule has 0 fully saturated rings. The highest BCUT2D eigenvalue weighted by atomic mass is 35.5. The Morgan fingerprint density at radius 2 is 2.06 bits per heavy atom. The first-order valence-corrected chi connectivity index (χ1v) is 11.2. The summed E-state index contributed by atoms with van der Waals surface area (Å²) in [6.07, 6.45) is 5.09. The van der Waals surface area contributed by atoms with Gasteiger partial charge in [0.15, 0.2) is 5.65 Å². The number of primary amides is 1. The molecule has 0 radical (unpaired) electrons. The number of benzene rings is 1. The molecule has 32 heavy (non-hydrogen) atoms. The van der Waals surface area contributed by atoms with Crippen molar-refractivity contribution < 1.29 is 9.53 Å². The minimum absolute atomic E-state index is 0.0341. The molecule has 1 amide bonds. The summed E-state index contributed by atoms with van der Waals surface area (Å²) in [6, 6.07) is 7.47. The quantitative estimate of drug-likeness (QED) is 0.421. The second-order valence-electron chi connectivity index (χ2n) is 7.66. The molecule has 4 aromatic rings. The van der Waals surface area contributed by atoms with E-state index in [9.17, 15) is 4.79 Å². The summed E-state index contributed by atoms with van der Waals surface area (Å²) in [6.45, 7) is 2.59. The van der Waals surface area contributed by atoms with E-state index in [1.165, 1.54) is 11.3 Å². The van der Waals surface area contributed by atoms with E-state index in [-0.39, 0.29) is 12.5 Å². The van der Waals surface area contributed by atoms with Crippen LogP contribution in [0.1, 0.15) is 29.2 Å². The third kappa shape index (κ3) is 4.74. The van der Waals surface area contributed by atoms with Crippen molar-refractivity contribution in [3.63, 3.8) is 0 Å². The summed E-state index contributed by atoms with van der Waals surface area (Å²) in [7, 11) is 3.98. The molecule has 0 aliphatic carbocycles. The minimum Gasteiger partial charge on any atom is -0.469 e. The van der Waals surface area contributed by atoms with Gasteiger partial charge in [-0.1, -0.05) is 29.8 Å². The lowest BCUT2D eigenvalue weighted by molar-refractivity contribution is -0.117. The van der Waals surface area contributed by atoms with Crippen LogP contribution >= 0.6 is 22.9 Å². The highest BCUT2D eigenvalue weighted by Crippen LogP contribution is 2.36. The molecule has 3 heterocycles. The Morgan fingerprint density at radius 1 is 1.28 bits per heavy atom. The predicted octanol–water partition coefficient (Wildman–Crippen LogP) is 3.74. The van der Waals surface area contributed by atoms with E-state index in [0.29, 0.717) is 33.0 Å². The Bertz CT molecular complexity index is 1270. The van der Waals surface area contributed by atoms with Gasteiger partial charge in [-0.15, -0.1) is 11.3 Å². The molecular weight excluding hydrogens is 448 g/mol. The highest BCUT2D eigenvalue weighted by molar-refractivity contribution is 7.15. The van der Waals surface area contributed by atoms with Crippen LogP contribution in [-0.2, 0) is 17.8 Å². The molecule has 0 bridgehead atoms. The number of fused-ring (bicyclic) bond motifs is 1. The van der Waals surface area contributed by atoms with Crippen molar-refractivity contribution in [2.24, 2.45) is 5.73 Å². The van der Waals surface area contributed by atoms with E-state index in [1.807, 2.05) is 60.8 Å². The van der Waals surface area contributed by atoms with Gasteiger partial charge in [-0.3, -0.25) is 14.2 Å². The topological polar surface area (TPSA) is 98.6 Å². The summed E-state index contributed by atoms with van der Waals surface area (Å²) in [5, 5.41) is 1.28. The molecule has 1 atom stereocenters. The Labute approximate surface area is 194 Å². The number of carbonyl (C=O) groups excluding carboxylic acids is 1. The number of imidazole rings is 1. The number of rotatable bonds is 8. The van der Waals surface area contributed by atoms with Gasteiger partial charge < -0.3 is 15.4 Å². The van der Waals surface area contributed by atoms with Gasteiger partial charge in [0.2, 0.25) is 11.8 Å². The third-order valence-electron chi connectivity index (χ3n) is 4.77. The van der Waals surface area contributed by atoms with Crippen molar-refractivity contribution in [3.8, 4) is 16.6 Å². The lowest BCUT2D eigenvalue weighted by atomic mass is 10.1. The van der Waals surface area contributed by atoms with E-state index in [0.717, 1.165) is 17.0 Å². The molecule has 1 aromatic carbocycles. The van der Waals surface area contributed by atoms with Gasteiger partial charge >= 0.3 is 0 Å². The fraction of sp³-hybridized carbons (Fsp3) is 0.273. The van der Waals surface area contributed by atoms with Crippen LogP contribution in [-0.4, -0.2) is 44.3 Å². The van der Waals surface area contributed by atoms with Gasteiger partial charge in [-0.2, -0.15) is 4.98 Å². The number of ether oxygens (including phenoxy) is 1. The van der Waals surface area contributed by atoms with Crippen LogP contribution in [0.15, 0.2) is 42.9 Å². The van der Waals surface area contributed by atoms with E-state index in [4.69, 9.17) is 27.1 Å². The first-order valence-electron chi connectivity index (χ1n) is 9.98. The predicted molar refractivity (Wildman–Crippen MR) is 125 cm³/mol. The highest BCUT2D eigenvalue weighted by Gasteiger charge is 2.21. The fourth-order valence-corrected chi connectivity index (χ4v) is 4.64. The van der Waals surface area contributed by atoms with Gasteiger partial charge in [0, 0.05) is 23.3 Å². The monoisotopic (exact) mass is 470 g/mol. The SMILES string of the molecule is C[C@@H](Oc1nc(-c2cnc3cnc(CN(C)C)cn23)sc1CC(N)=O)c1ccccc1Cl. The van der Waals surface area contributed by atoms with Gasteiger partial charge in [0.05, 0.1) is 29.4 Å². The molecule has 0 spiro atoms. The molecule has 10 heteroatoms. The summed E-state index contributed by atoms with van der Waals surface area (Å²) < 4.78 is 8.08. The number of halogens is 1. The van der Waals surface area contributed by atoms with Crippen molar-refractivity contribution in [3.05, 3.63) is 64.0 Å². The fourth-order valence-electron chi connectivity index (χ4n) is 3.34. The number of hydrogen-bond acceptors (Lipinski definition) is 7. The number of aromatic nitrogens is 4. The van der Waals surface area contributed by atoms with Crippen molar-refractivity contribution in [2.45, 2.75) is 26.0 Å². The molecule has 0 aliphatic heterocycles. The molecule has 3 aromatic heterocycles. The van der Waals surface area contributed by atoms with E-state index in [1.54, 1.807) is 12.4 Å². The van der Waals surface area contributed by atoms with Gasteiger partial charge in [0.25, 0.3) is 0 Å². The Balaban J connectivity index is 1.72. The molecule has 0 aliphatic rings. The van der Waals surface area contributed by atoms with Crippen LogP contribution in [0.5, 0.6) is 5.88 Å². The average Bonchev–Trinajstić information content (AvgIpc) is 3.31. The maximum Gasteiger partial charge on any atom is 0.229 e. The second kappa shape index (κ2) is 9.23. The smallest absolute Gasteiger partial charge is 0.229 e. The second-order valence-corrected chi connectivity index (χ2v) is 9.15. The Morgan fingerprint density at radius 3 is 2.78 bits per heavy atom. The minimum atomic E-state index is -0.453. The number of carbonyl (C=O) groups is 1. The summed E-state index contributed by atoms with van der Waals surface area (Å²) in [5.41, 5.74) is 8.71. The summed E-state index contributed by atoms with van der Waals surface area (Å²) in [4.78, 5) is 28.0. The lowest BCUT2D eigenvalue weighted by Crippen LogP contribution is -2.14. The van der Waals surface area contributed by atoms with E-state index >= 15 is 0 Å². The number of thiazole rings is 1. The first-order chi connectivity index (χ1) is 15.3. The van der Waals surface area contributed by atoms with E-state index in [2.05, 4.69) is 9.97 Å². The maximum absolute atomic E-state index is 11.7. The van der Waals surface area contributed by atoms with Crippen LogP contribution in [0.4, 0.5) is 0 Å². The van der Waals surface area contributed by atoms with E-state index < -0.39 is 5.91 Å². The zero-order valence-electron chi connectivity index (χ0n) is 17.9. The van der Waals surface area contributed by atoms with Crippen LogP contribution in [0.2, 0.25) is 5.02 Å². The summed E-state index contributed by atoms with van der Waals surface area (Å²) >= 11 is 7.68. The number of amides is 1. The van der Waals surface area contributed by atoms with Crippen LogP contribution in [0.3, 0.4) is 0 Å². The molecule has 4 rings (SSSR count). The first kappa shape index (κ1) is 22.2. The van der Waals surface area contributed by atoms with Crippen molar-refractivity contribution in [2.75, 3.05) is 14.1 Å². The average molecular weight is 471 g/mol. The van der Waals surface area contributed by atoms with Crippen LogP contribution in [0, 0.1) is 0 Å². The van der Waals surface area contributed by atoms with Crippen molar-refractivity contribution in [1.82, 2.24) is 24.3 Å². The number of nitrogens with zero attached hydrogens (tertiary/aromatic N) is 5. The van der Waals surface area contributed by atoms with Crippen LogP contribution in [0.25, 0.3) is 16.3 Å². The van der Waals surface area contributed by atoms with Crippen molar-refractivity contribution in [1.29, 1.82) is 0 Å². The normalized spacial score (nSPS) is 12.4. The van der Waals surface area contributed by atoms with Gasteiger partial charge in [0.1, 0.15) is 16.8 Å². The lowest BCUT2D eigenvalue weighted by Gasteiger charge is -2.15. The molecule has 0 saturated heterocycles. The van der Waals surface area contributed by atoms with Crippen LogP contribution < -0.4 is 10.5 Å². The molecular formula is C22H23ClN6O2S. The zero-order valence-corrected chi connectivity index (χ0v) is 19.5. The number of nitrogens with two attached hydrogens (primary N) is 1. The molecule has 8 nitrogen and oxygen atoms in total. The maximum atomic E-state index is 11.7.